The highest BCUT2D eigenvalue weighted by Crippen LogP contribution is 2.11. The van der Waals surface area contributed by atoms with Gasteiger partial charge in [-0.3, -0.25) is 9.36 Å². The predicted molar refractivity (Wildman–Crippen MR) is 110 cm³/mol. The average Bonchev–Trinajstić information content (AvgIpc) is 2.83. The molecule has 1 aromatic carbocycles. The summed E-state index contributed by atoms with van der Waals surface area (Å²) in [7, 11) is 0. The minimum Gasteiger partial charge on any atom is -0.350 e. The van der Waals surface area contributed by atoms with Gasteiger partial charge in [0.05, 0.1) is 0 Å². The van der Waals surface area contributed by atoms with E-state index in [0.717, 1.165) is 37.1 Å². The minimum absolute atomic E-state index is 0.0577. The van der Waals surface area contributed by atoms with Crippen LogP contribution < -0.4 is 21.6 Å². The third kappa shape index (κ3) is 5.69. The molecule has 29 heavy (non-hydrogen) atoms. The topological polar surface area (TPSA) is 110 Å². The second-order valence-electron chi connectivity index (χ2n) is 7.55. The molecule has 3 N–H and O–H groups in total. The number of benzene rings is 1. The van der Waals surface area contributed by atoms with Gasteiger partial charge >= 0.3 is 11.7 Å². The number of nitrogens with zero attached hydrogens (tertiary/aromatic N) is 3. The fourth-order valence-electron chi connectivity index (χ4n) is 3.26. The maximum absolute atomic E-state index is 12.4. The Labute approximate surface area is 169 Å². The van der Waals surface area contributed by atoms with Crippen LogP contribution in [0.25, 0.3) is 0 Å². The quantitative estimate of drug-likeness (QED) is 0.684. The molecule has 3 rings (SSSR count). The zero-order chi connectivity index (χ0) is 20.8. The van der Waals surface area contributed by atoms with E-state index in [-0.39, 0.29) is 30.2 Å². The number of anilines is 1. The van der Waals surface area contributed by atoms with Gasteiger partial charge in [-0.05, 0) is 44.4 Å². The van der Waals surface area contributed by atoms with Crippen molar-refractivity contribution in [2.24, 2.45) is 0 Å². The Hall–Kier alpha value is -3.10. The number of urea groups is 1. The molecule has 0 saturated carbocycles. The van der Waals surface area contributed by atoms with Crippen molar-refractivity contribution in [3.05, 3.63) is 46.1 Å². The van der Waals surface area contributed by atoms with E-state index >= 15 is 0 Å². The SMILES string of the molecule is CC(C)NC(=O)Nc1ccc(CNC(=O)Cn2nc3n(c2=O)CCCCC3)cc1. The van der Waals surface area contributed by atoms with Crippen molar-refractivity contribution in [1.82, 2.24) is 25.0 Å². The summed E-state index contributed by atoms with van der Waals surface area (Å²) in [6.45, 7) is 4.69. The van der Waals surface area contributed by atoms with Gasteiger partial charge in [-0.15, -0.1) is 0 Å². The Kier molecular flexibility index (Phi) is 6.69. The van der Waals surface area contributed by atoms with Crippen molar-refractivity contribution in [2.45, 2.75) is 65.2 Å². The molecule has 0 fully saturated rings. The van der Waals surface area contributed by atoms with E-state index < -0.39 is 0 Å². The van der Waals surface area contributed by atoms with Crippen LogP contribution in [0.4, 0.5) is 10.5 Å². The second-order valence-corrected chi connectivity index (χ2v) is 7.55. The van der Waals surface area contributed by atoms with E-state index in [0.29, 0.717) is 18.8 Å². The molecule has 0 unspecified atom stereocenters. The molecule has 9 nitrogen and oxygen atoms in total. The summed E-state index contributed by atoms with van der Waals surface area (Å²) in [5.41, 5.74) is 1.34. The smallest absolute Gasteiger partial charge is 0.346 e. The number of carbonyl (C=O) groups is 2. The van der Waals surface area contributed by atoms with Crippen molar-refractivity contribution in [1.29, 1.82) is 0 Å². The molecule has 1 aliphatic heterocycles. The highest BCUT2D eigenvalue weighted by molar-refractivity contribution is 5.89. The van der Waals surface area contributed by atoms with E-state index in [1.54, 1.807) is 16.7 Å². The van der Waals surface area contributed by atoms with Gasteiger partial charge in [-0.2, -0.15) is 5.10 Å². The van der Waals surface area contributed by atoms with Crippen molar-refractivity contribution in [3.8, 4) is 0 Å². The van der Waals surface area contributed by atoms with Crippen LogP contribution in [-0.2, 0) is 30.8 Å². The first-order valence-electron chi connectivity index (χ1n) is 10.0. The third-order valence-electron chi connectivity index (χ3n) is 4.70. The normalized spacial score (nSPS) is 13.5. The number of aromatic nitrogens is 3. The van der Waals surface area contributed by atoms with Crippen LogP contribution in [0, 0.1) is 0 Å². The molecule has 2 aromatic rings. The summed E-state index contributed by atoms with van der Waals surface area (Å²) in [6, 6.07) is 7.01. The van der Waals surface area contributed by atoms with Crippen molar-refractivity contribution < 1.29 is 9.59 Å². The lowest BCUT2D eigenvalue weighted by atomic mass is 10.2. The zero-order valence-electron chi connectivity index (χ0n) is 16.9. The van der Waals surface area contributed by atoms with Gasteiger partial charge < -0.3 is 16.0 Å². The molecule has 0 aliphatic carbocycles. The van der Waals surface area contributed by atoms with E-state index in [4.69, 9.17) is 0 Å². The molecular formula is C20H28N6O3. The molecule has 0 saturated heterocycles. The van der Waals surface area contributed by atoms with Gasteiger partial charge in [-0.1, -0.05) is 18.6 Å². The van der Waals surface area contributed by atoms with Crippen LogP contribution in [0.2, 0.25) is 0 Å². The Morgan fingerprint density at radius 3 is 2.62 bits per heavy atom. The van der Waals surface area contributed by atoms with Crippen molar-refractivity contribution in [2.75, 3.05) is 5.32 Å². The highest BCUT2D eigenvalue weighted by Gasteiger charge is 2.17. The Morgan fingerprint density at radius 1 is 1.14 bits per heavy atom. The van der Waals surface area contributed by atoms with E-state index in [1.807, 2.05) is 26.0 Å². The number of fused-ring (bicyclic) bond motifs is 1. The highest BCUT2D eigenvalue weighted by atomic mass is 16.2. The molecule has 3 amide bonds. The number of amides is 3. The summed E-state index contributed by atoms with van der Waals surface area (Å²) in [6.07, 6.45) is 3.86. The molecule has 1 aliphatic rings. The molecule has 2 heterocycles. The molecule has 0 radical (unpaired) electrons. The van der Waals surface area contributed by atoms with Gasteiger partial charge in [0, 0.05) is 31.2 Å². The van der Waals surface area contributed by atoms with E-state index in [2.05, 4.69) is 21.0 Å². The summed E-state index contributed by atoms with van der Waals surface area (Å²) in [5.74, 6) is 0.503. The number of carbonyl (C=O) groups excluding carboxylic acids is 2. The van der Waals surface area contributed by atoms with Crippen LogP contribution in [-0.4, -0.2) is 32.3 Å². The lowest BCUT2D eigenvalue weighted by Crippen LogP contribution is -2.34. The molecule has 0 atom stereocenters. The van der Waals surface area contributed by atoms with Gasteiger partial charge in [0.1, 0.15) is 12.4 Å². The second kappa shape index (κ2) is 9.40. The Morgan fingerprint density at radius 2 is 1.90 bits per heavy atom. The lowest BCUT2D eigenvalue weighted by molar-refractivity contribution is -0.122. The monoisotopic (exact) mass is 400 g/mol. The first-order chi connectivity index (χ1) is 13.9. The van der Waals surface area contributed by atoms with Gasteiger partial charge in [0.15, 0.2) is 0 Å². The van der Waals surface area contributed by atoms with Crippen LogP contribution in [0.15, 0.2) is 29.1 Å². The lowest BCUT2D eigenvalue weighted by Gasteiger charge is -2.11. The van der Waals surface area contributed by atoms with Crippen molar-refractivity contribution >= 4 is 17.6 Å². The maximum atomic E-state index is 12.4. The van der Waals surface area contributed by atoms with Crippen molar-refractivity contribution in [3.63, 3.8) is 0 Å². The minimum atomic E-state index is -0.265. The molecule has 0 spiro atoms. The number of hydrogen-bond donors (Lipinski definition) is 3. The third-order valence-corrected chi connectivity index (χ3v) is 4.70. The first-order valence-corrected chi connectivity index (χ1v) is 10.0. The number of rotatable bonds is 6. The van der Waals surface area contributed by atoms with Crippen LogP contribution in [0.1, 0.15) is 44.5 Å². The van der Waals surface area contributed by atoms with Crippen LogP contribution in [0.3, 0.4) is 0 Å². The van der Waals surface area contributed by atoms with Gasteiger partial charge in [-0.25, -0.2) is 14.3 Å². The molecule has 0 bridgehead atoms. The fraction of sp³-hybridized carbons (Fsp3) is 0.500. The Bertz CT molecular complexity index is 913. The fourth-order valence-corrected chi connectivity index (χ4v) is 3.26. The van der Waals surface area contributed by atoms with Crippen LogP contribution in [0.5, 0.6) is 0 Å². The molecule has 156 valence electrons. The number of nitrogens with one attached hydrogen (secondary N) is 3. The summed E-state index contributed by atoms with van der Waals surface area (Å²) >= 11 is 0. The summed E-state index contributed by atoms with van der Waals surface area (Å²) in [5, 5.41) is 12.6. The average molecular weight is 400 g/mol. The Balaban J connectivity index is 1.51. The maximum Gasteiger partial charge on any atom is 0.346 e. The van der Waals surface area contributed by atoms with Gasteiger partial charge in [0.25, 0.3) is 0 Å². The number of aryl methyl sites for hydroxylation is 1. The molecule has 1 aromatic heterocycles. The standard InChI is InChI=1S/C20H28N6O3/c1-14(2)22-19(28)23-16-9-7-15(8-10-16)12-21-18(27)13-26-20(29)25-11-5-3-4-6-17(25)24-26/h7-10,14H,3-6,11-13H2,1-2H3,(H,21,27)(H2,22,23,28). The first kappa shape index (κ1) is 20.6. The summed E-state index contributed by atoms with van der Waals surface area (Å²) in [4.78, 5) is 36.4. The summed E-state index contributed by atoms with van der Waals surface area (Å²) < 4.78 is 2.93. The molecular weight excluding hydrogens is 372 g/mol. The van der Waals surface area contributed by atoms with E-state index in [1.165, 1.54) is 4.68 Å². The predicted octanol–water partition coefficient (Wildman–Crippen LogP) is 1.62. The van der Waals surface area contributed by atoms with E-state index in [9.17, 15) is 14.4 Å². The van der Waals surface area contributed by atoms with Crippen LogP contribution >= 0.6 is 0 Å². The number of hydrogen-bond acceptors (Lipinski definition) is 4. The largest absolute Gasteiger partial charge is 0.350 e. The molecule has 9 heteroatoms. The zero-order valence-corrected chi connectivity index (χ0v) is 16.9. The van der Waals surface area contributed by atoms with Gasteiger partial charge in [0.2, 0.25) is 5.91 Å².